The summed E-state index contributed by atoms with van der Waals surface area (Å²) in [7, 11) is 1.56. The van der Waals surface area contributed by atoms with E-state index in [1.54, 1.807) is 31.4 Å². The number of rotatable bonds is 4. The molecule has 8 nitrogen and oxygen atoms in total. The topological polar surface area (TPSA) is 123 Å². The Bertz CT molecular complexity index is 527. The zero-order valence-electron chi connectivity index (χ0n) is 12.4. The molecule has 0 radical (unpaired) electrons. The Morgan fingerprint density at radius 3 is 2.39 bits per heavy atom. The van der Waals surface area contributed by atoms with Crippen LogP contribution in [-0.4, -0.2) is 69.9 Å². The number of methoxy groups -OCH3 is 1. The van der Waals surface area contributed by atoms with Gasteiger partial charge in [-0.05, 0) is 36.5 Å². The zero-order chi connectivity index (χ0) is 17.0. The lowest BCUT2D eigenvalue weighted by atomic mass is 9.98. The van der Waals surface area contributed by atoms with Gasteiger partial charge >= 0.3 is 0 Å². The van der Waals surface area contributed by atoms with Crippen LogP contribution in [0.3, 0.4) is 0 Å². The maximum atomic E-state index is 9.92. The van der Waals surface area contributed by atoms with Gasteiger partial charge in [0.25, 0.3) is 0 Å². The maximum Gasteiger partial charge on any atom is 0.172 e. The third kappa shape index (κ3) is 4.28. The summed E-state index contributed by atoms with van der Waals surface area (Å²) in [6, 6.07) is 7.00. The number of ether oxygens (including phenoxy) is 2. The molecule has 5 atom stereocenters. The van der Waals surface area contributed by atoms with Crippen molar-refractivity contribution in [1.29, 1.82) is 0 Å². The smallest absolute Gasteiger partial charge is 0.172 e. The molecular formula is C14H20N2O6S. The summed E-state index contributed by atoms with van der Waals surface area (Å²) >= 11 is 5.12. The summed E-state index contributed by atoms with van der Waals surface area (Å²) in [4.78, 5) is 0. The Hall–Kier alpha value is -1.49. The van der Waals surface area contributed by atoms with Gasteiger partial charge in [0, 0.05) is 5.69 Å². The molecular weight excluding hydrogens is 324 g/mol. The van der Waals surface area contributed by atoms with Gasteiger partial charge in [0.2, 0.25) is 0 Å². The maximum absolute atomic E-state index is 9.92. The van der Waals surface area contributed by atoms with E-state index in [2.05, 4.69) is 10.6 Å². The molecule has 0 aromatic heterocycles. The Morgan fingerprint density at radius 1 is 1.17 bits per heavy atom. The number of nitrogens with one attached hydrogen (secondary N) is 2. The molecule has 1 aliphatic rings. The molecule has 6 N–H and O–H groups in total. The van der Waals surface area contributed by atoms with Gasteiger partial charge in [-0.3, -0.25) is 0 Å². The van der Waals surface area contributed by atoms with E-state index in [1.165, 1.54) is 0 Å². The molecule has 2 rings (SSSR count). The van der Waals surface area contributed by atoms with Crippen LogP contribution >= 0.6 is 12.2 Å². The van der Waals surface area contributed by atoms with E-state index >= 15 is 0 Å². The molecule has 0 bridgehead atoms. The van der Waals surface area contributed by atoms with Gasteiger partial charge in [-0.2, -0.15) is 0 Å². The van der Waals surface area contributed by atoms with E-state index in [4.69, 9.17) is 26.8 Å². The van der Waals surface area contributed by atoms with Crippen molar-refractivity contribution < 1.29 is 29.9 Å². The Labute approximate surface area is 138 Å². The van der Waals surface area contributed by atoms with Crippen LogP contribution in [0.4, 0.5) is 5.69 Å². The monoisotopic (exact) mass is 344 g/mol. The van der Waals surface area contributed by atoms with Crippen molar-refractivity contribution in [1.82, 2.24) is 5.32 Å². The Morgan fingerprint density at radius 2 is 1.83 bits per heavy atom. The summed E-state index contributed by atoms with van der Waals surface area (Å²) < 4.78 is 10.4. The fraction of sp³-hybridized carbons (Fsp3) is 0.500. The van der Waals surface area contributed by atoms with Crippen LogP contribution in [0.15, 0.2) is 24.3 Å². The van der Waals surface area contributed by atoms with Crippen molar-refractivity contribution in [3.05, 3.63) is 24.3 Å². The van der Waals surface area contributed by atoms with Crippen molar-refractivity contribution >= 4 is 23.0 Å². The second-order valence-corrected chi connectivity index (χ2v) is 5.48. The number of benzene rings is 1. The van der Waals surface area contributed by atoms with Crippen molar-refractivity contribution in [2.45, 2.75) is 30.6 Å². The molecule has 0 aliphatic carbocycles. The molecule has 1 heterocycles. The van der Waals surface area contributed by atoms with E-state index in [1.807, 2.05) is 0 Å². The highest BCUT2D eigenvalue weighted by atomic mass is 32.1. The molecule has 0 saturated carbocycles. The normalized spacial score (nSPS) is 30.6. The fourth-order valence-corrected chi connectivity index (χ4v) is 2.43. The minimum Gasteiger partial charge on any atom is -0.497 e. The third-order valence-electron chi connectivity index (χ3n) is 3.51. The van der Waals surface area contributed by atoms with Crippen LogP contribution < -0.4 is 15.4 Å². The van der Waals surface area contributed by atoms with Crippen LogP contribution in [-0.2, 0) is 4.74 Å². The van der Waals surface area contributed by atoms with Crippen molar-refractivity contribution in [2.24, 2.45) is 0 Å². The average Bonchev–Trinajstić information content (AvgIpc) is 2.56. The molecule has 0 spiro atoms. The van der Waals surface area contributed by atoms with Crippen LogP contribution in [0, 0.1) is 0 Å². The first kappa shape index (κ1) is 17.9. The van der Waals surface area contributed by atoms with E-state index in [9.17, 15) is 15.3 Å². The highest BCUT2D eigenvalue weighted by Crippen LogP contribution is 2.20. The number of aliphatic hydroxyl groups excluding tert-OH is 4. The molecule has 9 heteroatoms. The molecule has 1 aromatic carbocycles. The standard InChI is InChI=1S/C14H20N2O6S/c1-21-8-4-2-7(3-5-8)15-14(23)16-13-12(20)11(19)10(18)9(6-17)22-13/h2-5,9-13,17-20H,6H2,1H3,(H2,15,16,23)/t9-,10-,11+,12-,13-/m1/s1. The Balaban J connectivity index is 1.95. The predicted molar refractivity (Wildman–Crippen MR) is 86.1 cm³/mol. The van der Waals surface area contributed by atoms with Crippen LogP contribution in [0.2, 0.25) is 0 Å². The molecule has 1 fully saturated rings. The summed E-state index contributed by atoms with van der Waals surface area (Å²) in [6.45, 7) is -0.498. The second kappa shape index (κ2) is 7.86. The third-order valence-corrected chi connectivity index (χ3v) is 3.73. The highest BCUT2D eigenvalue weighted by molar-refractivity contribution is 7.80. The fourth-order valence-electron chi connectivity index (χ4n) is 2.19. The van der Waals surface area contributed by atoms with Gasteiger partial charge in [-0.1, -0.05) is 0 Å². The molecule has 1 aliphatic heterocycles. The molecule has 1 saturated heterocycles. The molecule has 128 valence electrons. The summed E-state index contributed by atoms with van der Waals surface area (Å²) in [5, 5.41) is 44.2. The first-order chi connectivity index (χ1) is 11.0. The minimum atomic E-state index is -1.46. The molecule has 1 aromatic rings. The van der Waals surface area contributed by atoms with E-state index in [0.717, 1.165) is 0 Å². The highest BCUT2D eigenvalue weighted by Gasteiger charge is 2.43. The van der Waals surface area contributed by atoms with Crippen molar-refractivity contribution in [3.8, 4) is 5.75 Å². The SMILES string of the molecule is COc1ccc(NC(=S)N[C@@H]2O[C@H](CO)[C@@H](O)[C@H](O)[C@H]2O)cc1. The summed E-state index contributed by atoms with van der Waals surface area (Å²) in [5.74, 6) is 0.698. The van der Waals surface area contributed by atoms with E-state index < -0.39 is 37.3 Å². The first-order valence-corrected chi connectivity index (χ1v) is 7.39. The Kier molecular flexibility index (Phi) is 6.10. The zero-order valence-corrected chi connectivity index (χ0v) is 13.2. The predicted octanol–water partition coefficient (Wildman–Crippen LogP) is -1.22. The molecule has 0 unspecified atom stereocenters. The van der Waals surface area contributed by atoms with Crippen molar-refractivity contribution in [3.63, 3.8) is 0 Å². The lowest BCUT2D eigenvalue weighted by Crippen LogP contribution is -2.63. The second-order valence-electron chi connectivity index (χ2n) is 5.08. The van der Waals surface area contributed by atoms with E-state index in [-0.39, 0.29) is 5.11 Å². The quantitative estimate of drug-likeness (QED) is 0.373. The van der Waals surface area contributed by atoms with Gasteiger partial charge < -0.3 is 40.5 Å². The minimum absolute atomic E-state index is 0.152. The van der Waals surface area contributed by atoms with Gasteiger partial charge in [0.15, 0.2) is 11.3 Å². The lowest BCUT2D eigenvalue weighted by molar-refractivity contribution is -0.232. The van der Waals surface area contributed by atoms with Crippen LogP contribution in [0.5, 0.6) is 5.75 Å². The van der Waals surface area contributed by atoms with Gasteiger partial charge in [-0.25, -0.2) is 0 Å². The molecule has 0 amide bonds. The van der Waals surface area contributed by atoms with Gasteiger partial charge in [0.1, 0.15) is 30.2 Å². The summed E-state index contributed by atoms with van der Waals surface area (Å²) in [5.41, 5.74) is 0.688. The first-order valence-electron chi connectivity index (χ1n) is 6.98. The van der Waals surface area contributed by atoms with Crippen LogP contribution in [0.1, 0.15) is 0 Å². The largest absolute Gasteiger partial charge is 0.497 e. The lowest BCUT2D eigenvalue weighted by Gasteiger charge is -2.40. The van der Waals surface area contributed by atoms with Crippen molar-refractivity contribution in [2.75, 3.05) is 19.0 Å². The van der Waals surface area contributed by atoms with Crippen LogP contribution in [0.25, 0.3) is 0 Å². The average molecular weight is 344 g/mol. The molecule has 23 heavy (non-hydrogen) atoms. The number of aliphatic hydroxyl groups is 4. The number of anilines is 1. The van der Waals surface area contributed by atoms with E-state index in [0.29, 0.717) is 11.4 Å². The van der Waals surface area contributed by atoms with Gasteiger partial charge in [0.05, 0.1) is 13.7 Å². The number of hydrogen-bond donors (Lipinski definition) is 6. The summed E-state index contributed by atoms with van der Waals surface area (Å²) in [6.07, 6.45) is -6.32. The van der Waals surface area contributed by atoms with Gasteiger partial charge in [-0.15, -0.1) is 0 Å². The number of hydrogen-bond acceptors (Lipinski definition) is 7. The number of thiocarbonyl (C=S) groups is 1.